The molecule has 0 spiro atoms. The molecule has 0 saturated heterocycles. The number of hydrogen-bond donors (Lipinski definition) is 2. The number of aryl methyl sites for hydroxylation is 1. The maximum absolute atomic E-state index is 12.1. The molecule has 0 unspecified atom stereocenters. The molecule has 0 saturated carbocycles. The van der Waals surface area contributed by atoms with Crippen molar-refractivity contribution in [2.24, 2.45) is 7.05 Å². The molecule has 28 heavy (non-hydrogen) atoms. The standard InChI is InChI=1S/C21H22N4O2S/c1-25-14-17(13-23-25)16-9-7-15(8-10-16)11-12-22-20(26)21(27)24-18-5-3-4-6-19(18)28-2/h3-10,13-14H,11-12H2,1-2H3,(H,22,26)(H,24,27). The highest BCUT2D eigenvalue weighted by atomic mass is 32.2. The molecule has 2 N–H and O–H groups in total. The molecule has 0 aliphatic carbocycles. The molecule has 1 aromatic heterocycles. The average Bonchev–Trinajstić information content (AvgIpc) is 3.15. The molecule has 3 aromatic rings. The molecule has 144 valence electrons. The van der Waals surface area contributed by atoms with Crippen molar-refractivity contribution in [1.29, 1.82) is 0 Å². The van der Waals surface area contributed by atoms with Crippen LogP contribution in [0.25, 0.3) is 11.1 Å². The van der Waals surface area contributed by atoms with Crippen molar-refractivity contribution < 1.29 is 9.59 Å². The Bertz CT molecular complexity index is 967. The Balaban J connectivity index is 1.49. The third kappa shape index (κ3) is 5.01. The lowest BCUT2D eigenvalue weighted by Crippen LogP contribution is -2.36. The van der Waals surface area contributed by atoms with Crippen molar-refractivity contribution >= 4 is 29.3 Å². The highest BCUT2D eigenvalue weighted by Gasteiger charge is 2.14. The summed E-state index contributed by atoms with van der Waals surface area (Å²) < 4.78 is 1.77. The molecule has 2 amide bonds. The minimum absolute atomic E-state index is 0.392. The fourth-order valence-corrected chi connectivity index (χ4v) is 3.32. The summed E-state index contributed by atoms with van der Waals surface area (Å²) in [6.07, 6.45) is 6.35. The second-order valence-electron chi connectivity index (χ2n) is 6.26. The minimum atomic E-state index is -0.659. The maximum atomic E-state index is 12.1. The summed E-state index contributed by atoms with van der Waals surface area (Å²) in [5.74, 6) is -1.30. The van der Waals surface area contributed by atoms with Gasteiger partial charge in [0.25, 0.3) is 0 Å². The van der Waals surface area contributed by atoms with Crippen molar-refractivity contribution in [3.05, 3.63) is 66.5 Å². The van der Waals surface area contributed by atoms with Crippen LogP contribution in [0.2, 0.25) is 0 Å². The van der Waals surface area contributed by atoms with E-state index in [9.17, 15) is 9.59 Å². The zero-order chi connectivity index (χ0) is 19.9. The summed E-state index contributed by atoms with van der Waals surface area (Å²) in [5, 5.41) is 9.50. The van der Waals surface area contributed by atoms with E-state index in [4.69, 9.17) is 0 Å². The number of para-hydroxylation sites is 1. The number of anilines is 1. The van der Waals surface area contributed by atoms with Gasteiger partial charge in [-0.2, -0.15) is 5.10 Å². The zero-order valence-electron chi connectivity index (χ0n) is 15.8. The Morgan fingerprint density at radius 3 is 2.46 bits per heavy atom. The van der Waals surface area contributed by atoms with E-state index in [0.717, 1.165) is 21.6 Å². The topological polar surface area (TPSA) is 76.0 Å². The first kappa shape index (κ1) is 19.7. The smallest absolute Gasteiger partial charge is 0.313 e. The summed E-state index contributed by atoms with van der Waals surface area (Å²) in [6, 6.07) is 15.5. The second kappa shape index (κ2) is 9.23. The molecular formula is C21H22N4O2S. The van der Waals surface area contributed by atoms with Crippen LogP contribution in [0.4, 0.5) is 5.69 Å². The molecule has 1 heterocycles. The van der Waals surface area contributed by atoms with Crippen LogP contribution in [0.3, 0.4) is 0 Å². The van der Waals surface area contributed by atoms with E-state index in [2.05, 4.69) is 15.7 Å². The first-order chi connectivity index (χ1) is 13.6. The van der Waals surface area contributed by atoms with Crippen molar-refractivity contribution in [2.75, 3.05) is 18.1 Å². The summed E-state index contributed by atoms with van der Waals surface area (Å²) in [7, 11) is 1.89. The predicted molar refractivity (Wildman–Crippen MR) is 112 cm³/mol. The lowest BCUT2D eigenvalue weighted by Gasteiger charge is -2.09. The van der Waals surface area contributed by atoms with Gasteiger partial charge in [0.1, 0.15) is 0 Å². The quantitative estimate of drug-likeness (QED) is 0.498. The minimum Gasteiger partial charge on any atom is -0.347 e. The number of carbonyl (C=O) groups is 2. The van der Waals surface area contributed by atoms with E-state index in [1.165, 1.54) is 11.8 Å². The van der Waals surface area contributed by atoms with Crippen LogP contribution in [-0.4, -0.2) is 34.4 Å². The van der Waals surface area contributed by atoms with Crippen LogP contribution >= 0.6 is 11.8 Å². The summed E-state index contributed by atoms with van der Waals surface area (Å²) in [6.45, 7) is 0.392. The van der Waals surface area contributed by atoms with E-state index >= 15 is 0 Å². The Morgan fingerprint density at radius 2 is 1.79 bits per heavy atom. The number of aromatic nitrogens is 2. The Hall–Kier alpha value is -3.06. The van der Waals surface area contributed by atoms with Crippen molar-refractivity contribution in [2.45, 2.75) is 11.3 Å². The van der Waals surface area contributed by atoms with Gasteiger partial charge in [-0.3, -0.25) is 14.3 Å². The molecule has 3 rings (SSSR count). The third-order valence-electron chi connectivity index (χ3n) is 4.25. The van der Waals surface area contributed by atoms with Gasteiger partial charge in [-0.05, 0) is 35.9 Å². The number of nitrogens with zero attached hydrogens (tertiary/aromatic N) is 2. The van der Waals surface area contributed by atoms with Crippen LogP contribution in [0, 0.1) is 0 Å². The number of thioether (sulfide) groups is 1. The van der Waals surface area contributed by atoms with Gasteiger partial charge >= 0.3 is 11.8 Å². The van der Waals surface area contributed by atoms with Gasteiger partial charge in [-0.15, -0.1) is 11.8 Å². The number of carbonyl (C=O) groups excluding carboxylic acids is 2. The highest BCUT2D eigenvalue weighted by Crippen LogP contribution is 2.24. The Labute approximate surface area is 168 Å². The van der Waals surface area contributed by atoms with Gasteiger partial charge in [0.15, 0.2) is 0 Å². The van der Waals surface area contributed by atoms with Gasteiger partial charge in [0.2, 0.25) is 0 Å². The van der Waals surface area contributed by atoms with E-state index in [1.54, 1.807) is 10.7 Å². The van der Waals surface area contributed by atoms with Gasteiger partial charge in [0, 0.05) is 30.2 Å². The fraction of sp³-hybridized carbons (Fsp3) is 0.190. The second-order valence-corrected chi connectivity index (χ2v) is 7.11. The van der Waals surface area contributed by atoms with Crippen molar-refractivity contribution in [3.8, 4) is 11.1 Å². The first-order valence-electron chi connectivity index (χ1n) is 8.87. The molecule has 7 heteroatoms. The van der Waals surface area contributed by atoms with E-state index in [-0.39, 0.29) is 0 Å². The Morgan fingerprint density at radius 1 is 1.04 bits per heavy atom. The van der Waals surface area contributed by atoms with Gasteiger partial charge in [-0.25, -0.2) is 0 Å². The fourth-order valence-electron chi connectivity index (χ4n) is 2.76. The van der Waals surface area contributed by atoms with E-state index in [1.807, 2.05) is 68.2 Å². The first-order valence-corrected chi connectivity index (χ1v) is 10.1. The molecule has 6 nitrogen and oxygen atoms in total. The maximum Gasteiger partial charge on any atom is 0.313 e. The van der Waals surface area contributed by atoms with Gasteiger partial charge in [-0.1, -0.05) is 36.4 Å². The van der Waals surface area contributed by atoms with Crippen LogP contribution in [0.15, 0.2) is 65.8 Å². The van der Waals surface area contributed by atoms with Crippen LogP contribution in [-0.2, 0) is 23.1 Å². The number of nitrogens with one attached hydrogen (secondary N) is 2. The molecule has 0 atom stereocenters. The van der Waals surface area contributed by atoms with E-state index in [0.29, 0.717) is 18.7 Å². The van der Waals surface area contributed by atoms with Crippen LogP contribution in [0.5, 0.6) is 0 Å². The Kier molecular flexibility index (Phi) is 6.49. The number of benzene rings is 2. The molecule has 0 radical (unpaired) electrons. The van der Waals surface area contributed by atoms with Gasteiger partial charge in [0.05, 0.1) is 11.9 Å². The highest BCUT2D eigenvalue weighted by molar-refractivity contribution is 7.98. The van der Waals surface area contributed by atoms with Crippen molar-refractivity contribution in [1.82, 2.24) is 15.1 Å². The largest absolute Gasteiger partial charge is 0.347 e. The van der Waals surface area contributed by atoms with Crippen LogP contribution in [0.1, 0.15) is 5.56 Å². The predicted octanol–water partition coefficient (Wildman–Crippen LogP) is 3.11. The summed E-state index contributed by atoms with van der Waals surface area (Å²) in [5.41, 5.74) is 3.87. The van der Waals surface area contributed by atoms with Crippen LogP contribution < -0.4 is 10.6 Å². The molecule has 2 aromatic carbocycles. The molecule has 0 bridgehead atoms. The molecule has 0 fully saturated rings. The SMILES string of the molecule is CSc1ccccc1NC(=O)C(=O)NCCc1ccc(-c2cnn(C)c2)cc1. The zero-order valence-corrected chi connectivity index (χ0v) is 16.6. The molecule has 0 aliphatic rings. The third-order valence-corrected chi connectivity index (χ3v) is 5.05. The normalized spacial score (nSPS) is 10.5. The molecular weight excluding hydrogens is 372 g/mol. The average molecular weight is 395 g/mol. The summed E-state index contributed by atoms with van der Waals surface area (Å²) >= 11 is 1.51. The molecule has 0 aliphatic heterocycles. The van der Waals surface area contributed by atoms with Crippen molar-refractivity contribution in [3.63, 3.8) is 0 Å². The monoisotopic (exact) mass is 394 g/mol. The number of amides is 2. The summed E-state index contributed by atoms with van der Waals surface area (Å²) in [4.78, 5) is 25.0. The van der Waals surface area contributed by atoms with Gasteiger partial charge < -0.3 is 10.6 Å². The lowest BCUT2D eigenvalue weighted by molar-refractivity contribution is -0.136. The number of rotatable bonds is 6. The lowest BCUT2D eigenvalue weighted by atomic mass is 10.1. The number of hydrogen-bond acceptors (Lipinski definition) is 4. The van der Waals surface area contributed by atoms with E-state index < -0.39 is 11.8 Å².